The summed E-state index contributed by atoms with van der Waals surface area (Å²) in [5, 5.41) is 0. The second-order valence-corrected chi connectivity index (χ2v) is 3.91. The minimum Gasteiger partial charge on any atom is -0.446 e. The van der Waals surface area contributed by atoms with Gasteiger partial charge in [0.1, 0.15) is 0 Å². The summed E-state index contributed by atoms with van der Waals surface area (Å²) in [5.74, 6) is 0. The highest BCUT2D eigenvalue weighted by atomic mass is 16.6. The molecule has 0 fully saturated rings. The van der Waals surface area contributed by atoms with E-state index in [4.69, 9.17) is 4.74 Å². The van der Waals surface area contributed by atoms with Gasteiger partial charge in [0.25, 0.3) is 0 Å². The van der Waals surface area contributed by atoms with Crippen molar-refractivity contribution in [2.75, 3.05) is 4.90 Å². The van der Waals surface area contributed by atoms with Crippen LogP contribution in [0, 0.1) is 0 Å². The lowest BCUT2D eigenvalue weighted by Crippen LogP contribution is -2.28. The Balaban J connectivity index is 2.33. The van der Waals surface area contributed by atoms with Crippen LogP contribution in [0.3, 0.4) is 0 Å². The molecule has 2 heterocycles. The van der Waals surface area contributed by atoms with Gasteiger partial charge in [-0.1, -0.05) is 6.08 Å². The predicted molar refractivity (Wildman–Crippen MR) is 66.5 cm³/mol. The first-order valence-corrected chi connectivity index (χ1v) is 5.48. The number of hydrogen-bond acceptors (Lipinski definition) is 3. The summed E-state index contributed by atoms with van der Waals surface area (Å²) in [4.78, 5) is 17.6. The zero-order chi connectivity index (χ0) is 12.3. The number of amides is 1. The van der Waals surface area contributed by atoms with Gasteiger partial charge in [0, 0.05) is 12.4 Å². The van der Waals surface area contributed by atoms with Crippen LogP contribution in [-0.4, -0.2) is 17.2 Å². The molecule has 0 atom stereocenters. The summed E-state index contributed by atoms with van der Waals surface area (Å²) in [6.45, 7) is 3.64. The summed E-state index contributed by atoms with van der Waals surface area (Å²) in [5.41, 5.74) is 1.47. The molecular formula is C13H14N2O2. The number of pyridine rings is 1. The third kappa shape index (κ3) is 2.53. The molecule has 4 heteroatoms. The van der Waals surface area contributed by atoms with Crippen LogP contribution in [0.4, 0.5) is 10.5 Å². The monoisotopic (exact) mass is 230 g/mol. The van der Waals surface area contributed by atoms with E-state index in [0.717, 1.165) is 11.4 Å². The Morgan fingerprint density at radius 1 is 1.41 bits per heavy atom. The van der Waals surface area contributed by atoms with Gasteiger partial charge >= 0.3 is 6.09 Å². The smallest absolute Gasteiger partial charge is 0.418 e. The summed E-state index contributed by atoms with van der Waals surface area (Å²) in [6.07, 6.45) is 8.31. The number of rotatable bonds is 1. The van der Waals surface area contributed by atoms with Crippen LogP contribution in [0.15, 0.2) is 36.7 Å². The molecule has 1 aliphatic rings. The van der Waals surface area contributed by atoms with E-state index in [0.29, 0.717) is 0 Å². The molecule has 1 aromatic rings. The molecule has 1 amide bonds. The van der Waals surface area contributed by atoms with Gasteiger partial charge in [-0.25, -0.2) is 4.79 Å². The fraction of sp³-hybridized carbons (Fsp3) is 0.231. The molecule has 17 heavy (non-hydrogen) atoms. The van der Waals surface area contributed by atoms with Crippen molar-refractivity contribution in [2.24, 2.45) is 0 Å². The summed E-state index contributed by atoms with van der Waals surface area (Å²) < 4.78 is 5.18. The van der Waals surface area contributed by atoms with Crippen LogP contribution in [0.25, 0.3) is 6.08 Å². The fourth-order valence-electron chi connectivity index (χ4n) is 1.52. The van der Waals surface area contributed by atoms with Crippen LogP contribution >= 0.6 is 0 Å². The number of carbonyl (C=O) groups is 1. The number of aromatic nitrogens is 1. The number of anilines is 1. The largest absolute Gasteiger partial charge is 0.446 e. The van der Waals surface area contributed by atoms with Gasteiger partial charge in [0.2, 0.25) is 0 Å². The molecular weight excluding hydrogens is 216 g/mol. The Labute approximate surface area is 100 Å². The van der Waals surface area contributed by atoms with Crippen LogP contribution in [0.5, 0.6) is 0 Å². The van der Waals surface area contributed by atoms with Crippen LogP contribution < -0.4 is 4.90 Å². The first-order chi connectivity index (χ1) is 8.18. The highest BCUT2D eigenvalue weighted by Gasteiger charge is 2.19. The quantitative estimate of drug-likeness (QED) is 0.744. The molecule has 0 unspecified atom stereocenters. The first-order valence-electron chi connectivity index (χ1n) is 5.48. The maximum absolute atomic E-state index is 11.9. The third-order valence-electron chi connectivity index (χ3n) is 2.21. The second-order valence-electron chi connectivity index (χ2n) is 3.91. The molecule has 0 saturated carbocycles. The maximum atomic E-state index is 11.9. The van der Waals surface area contributed by atoms with Crippen molar-refractivity contribution < 1.29 is 9.53 Å². The van der Waals surface area contributed by atoms with Gasteiger partial charge < -0.3 is 4.74 Å². The van der Waals surface area contributed by atoms with Gasteiger partial charge in [0.05, 0.1) is 17.5 Å². The zero-order valence-electron chi connectivity index (χ0n) is 9.83. The standard InChI is InChI=1S/C13H14N2O2/c1-10(2)17-13(16)15-9-4-3-6-11-12(15)7-5-8-14-11/h3-10H,1-2H3. The lowest BCUT2D eigenvalue weighted by molar-refractivity contribution is 0.125. The Kier molecular flexibility index (Phi) is 3.23. The van der Waals surface area contributed by atoms with Crippen LogP contribution in [0.1, 0.15) is 19.5 Å². The Morgan fingerprint density at radius 2 is 2.24 bits per heavy atom. The minimum absolute atomic E-state index is 0.146. The molecule has 0 spiro atoms. The maximum Gasteiger partial charge on any atom is 0.418 e. The SMILES string of the molecule is CC(C)OC(=O)N1C=CC=Cc2ncccc21. The molecule has 0 N–H and O–H groups in total. The van der Waals surface area contributed by atoms with Gasteiger partial charge in [-0.15, -0.1) is 0 Å². The molecule has 0 aliphatic carbocycles. The highest BCUT2D eigenvalue weighted by molar-refractivity contribution is 5.92. The summed E-state index contributed by atoms with van der Waals surface area (Å²) in [6, 6.07) is 3.63. The molecule has 2 rings (SSSR count). The normalized spacial score (nSPS) is 13.5. The number of carbonyl (C=O) groups excluding carboxylic acids is 1. The molecule has 0 bridgehead atoms. The molecule has 0 saturated heterocycles. The third-order valence-corrected chi connectivity index (χ3v) is 2.21. The van der Waals surface area contributed by atoms with Crippen molar-refractivity contribution >= 4 is 17.9 Å². The van der Waals surface area contributed by atoms with Crippen LogP contribution in [-0.2, 0) is 4.74 Å². The number of ether oxygens (including phenoxy) is 1. The number of allylic oxidation sites excluding steroid dienone is 2. The first kappa shape index (κ1) is 11.4. The molecule has 0 aromatic carbocycles. The predicted octanol–water partition coefficient (Wildman–Crippen LogP) is 2.97. The lowest BCUT2D eigenvalue weighted by atomic mass is 10.2. The Bertz CT molecular complexity index is 478. The number of fused-ring (bicyclic) bond motifs is 1. The van der Waals surface area contributed by atoms with Crippen molar-refractivity contribution in [3.63, 3.8) is 0 Å². The number of nitrogens with zero attached hydrogens (tertiary/aromatic N) is 2. The number of hydrogen-bond donors (Lipinski definition) is 0. The van der Waals surface area contributed by atoms with Gasteiger partial charge in [-0.05, 0) is 38.1 Å². The van der Waals surface area contributed by atoms with Gasteiger partial charge in [-0.3, -0.25) is 9.88 Å². The topological polar surface area (TPSA) is 42.4 Å². The molecule has 1 aromatic heterocycles. The van der Waals surface area contributed by atoms with E-state index >= 15 is 0 Å². The molecule has 4 nitrogen and oxygen atoms in total. The van der Waals surface area contributed by atoms with E-state index in [-0.39, 0.29) is 6.10 Å². The van der Waals surface area contributed by atoms with Gasteiger partial charge in [0.15, 0.2) is 0 Å². The highest BCUT2D eigenvalue weighted by Crippen LogP contribution is 2.23. The lowest BCUT2D eigenvalue weighted by Gasteiger charge is -2.20. The summed E-state index contributed by atoms with van der Waals surface area (Å²) in [7, 11) is 0. The average Bonchev–Trinajstić information content (AvgIpc) is 2.50. The van der Waals surface area contributed by atoms with E-state index in [1.165, 1.54) is 4.90 Å². The van der Waals surface area contributed by atoms with E-state index in [2.05, 4.69) is 4.98 Å². The second kappa shape index (κ2) is 4.82. The van der Waals surface area contributed by atoms with Crippen molar-refractivity contribution in [3.8, 4) is 0 Å². The van der Waals surface area contributed by atoms with Crippen LogP contribution in [0.2, 0.25) is 0 Å². The van der Waals surface area contributed by atoms with E-state index in [1.54, 1.807) is 24.5 Å². The van der Waals surface area contributed by atoms with E-state index < -0.39 is 6.09 Å². The Morgan fingerprint density at radius 3 is 3.00 bits per heavy atom. The summed E-state index contributed by atoms with van der Waals surface area (Å²) >= 11 is 0. The molecule has 1 aliphatic heterocycles. The van der Waals surface area contributed by atoms with Crippen molar-refractivity contribution in [1.29, 1.82) is 0 Å². The van der Waals surface area contributed by atoms with E-state index in [9.17, 15) is 4.79 Å². The molecule has 88 valence electrons. The van der Waals surface area contributed by atoms with Gasteiger partial charge in [-0.2, -0.15) is 0 Å². The van der Waals surface area contributed by atoms with Crippen molar-refractivity contribution in [1.82, 2.24) is 4.98 Å². The zero-order valence-corrected chi connectivity index (χ0v) is 9.83. The Hall–Kier alpha value is -2.10. The van der Waals surface area contributed by atoms with Crippen molar-refractivity contribution in [2.45, 2.75) is 20.0 Å². The van der Waals surface area contributed by atoms with Crippen molar-refractivity contribution in [3.05, 3.63) is 42.4 Å². The average molecular weight is 230 g/mol. The fourth-order valence-corrected chi connectivity index (χ4v) is 1.52. The van der Waals surface area contributed by atoms with E-state index in [1.807, 2.05) is 32.1 Å². The minimum atomic E-state index is -0.394. The molecule has 0 radical (unpaired) electrons.